The third kappa shape index (κ3) is 4.46. The number of benzene rings is 2. The van der Waals surface area contributed by atoms with Crippen molar-refractivity contribution in [1.82, 2.24) is 20.2 Å². The van der Waals surface area contributed by atoms with Crippen LogP contribution in [0.15, 0.2) is 60.9 Å². The van der Waals surface area contributed by atoms with E-state index in [2.05, 4.69) is 15.6 Å². The molecule has 0 bridgehead atoms. The summed E-state index contributed by atoms with van der Waals surface area (Å²) >= 11 is 6.00. The predicted molar refractivity (Wildman–Crippen MR) is 109 cm³/mol. The Bertz CT molecular complexity index is 990. The van der Waals surface area contributed by atoms with E-state index < -0.39 is 6.04 Å². The molecule has 8 heteroatoms. The van der Waals surface area contributed by atoms with Crippen LogP contribution in [0.4, 0.5) is 4.79 Å². The molecule has 4 rings (SSSR count). The number of nitrogens with zero attached hydrogens (tertiary/aromatic N) is 2. The van der Waals surface area contributed by atoms with Gasteiger partial charge in [0, 0.05) is 24.5 Å². The molecule has 2 N–H and O–H groups in total. The van der Waals surface area contributed by atoms with Crippen LogP contribution in [0.3, 0.4) is 0 Å². The molecule has 3 aromatic rings. The molecule has 0 aliphatic carbocycles. The monoisotopic (exact) mass is 412 g/mol. The molecule has 1 aromatic heterocycles. The highest BCUT2D eigenvalue weighted by atomic mass is 35.5. The van der Waals surface area contributed by atoms with Gasteiger partial charge >= 0.3 is 6.03 Å². The normalized spacial score (nSPS) is 16.1. The number of carbonyl (C=O) groups excluding carboxylic acids is 1. The number of hydrogen-bond donors (Lipinski definition) is 2. The smallest absolute Gasteiger partial charge is 0.315 e. The van der Waals surface area contributed by atoms with Crippen molar-refractivity contribution in [2.75, 3.05) is 13.2 Å². The van der Waals surface area contributed by atoms with Gasteiger partial charge in [-0.15, -0.1) is 0 Å². The van der Waals surface area contributed by atoms with Gasteiger partial charge in [-0.3, -0.25) is 0 Å². The predicted octanol–water partition coefficient (Wildman–Crippen LogP) is 3.30. The van der Waals surface area contributed by atoms with Crippen LogP contribution < -0.4 is 20.1 Å². The lowest BCUT2D eigenvalue weighted by molar-refractivity contribution is 0.0917. The summed E-state index contributed by atoms with van der Waals surface area (Å²) in [5.41, 5.74) is 0.880. The highest BCUT2D eigenvalue weighted by molar-refractivity contribution is 6.30. The van der Waals surface area contributed by atoms with Crippen LogP contribution in [-0.2, 0) is 7.05 Å². The van der Waals surface area contributed by atoms with Gasteiger partial charge in [-0.05, 0) is 29.8 Å². The van der Waals surface area contributed by atoms with Gasteiger partial charge < -0.3 is 24.7 Å². The first-order chi connectivity index (χ1) is 14.1. The fraction of sp³-hybridized carbons (Fsp3) is 0.238. The van der Waals surface area contributed by atoms with Gasteiger partial charge in [0.25, 0.3) is 0 Å². The molecule has 1 aliphatic heterocycles. The number of imidazole rings is 1. The quantitative estimate of drug-likeness (QED) is 0.674. The summed E-state index contributed by atoms with van der Waals surface area (Å²) in [6, 6.07) is 14.1. The third-order valence-electron chi connectivity index (χ3n) is 4.65. The number of rotatable bonds is 5. The van der Waals surface area contributed by atoms with Crippen LogP contribution in [-0.4, -0.2) is 34.8 Å². The average molecular weight is 413 g/mol. The van der Waals surface area contributed by atoms with Crippen molar-refractivity contribution in [3.63, 3.8) is 0 Å². The number of hydrogen-bond acceptors (Lipinski definition) is 4. The van der Waals surface area contributed by atoms with E-state index in [4.69, 9.17) is 21.1 Å². The maximum atomic E-state index is 12.6. The SMILES string of the molecule is Cn1ccnc1C(NC(=O)NCC1COc2ccccc2O1)c1ccc(Cl)cc1. The maximum Gasteiger partial charge on any atom is 0.315 e. The lowest BCUT2D eigenvalue weighted by Crippen LogP contribution is -2.45. The number of carbonyl (C=O) groups is 1. The summed E-state index contributed by atoms with van der Waals surface area (Å²) in [7, 11) is 1.88. The molecule has 150 valence electrons. The first-order valence-corrected chi connectivity index (χ1v) is 9.63. The molecule has 2 unspecified atom stereocenters. The highest BCUT2D eigenvalue weighted by Gasteiger charge is 2.23. The van der Waals surface area contributed by atoms with Crippen LogP contribution in [0.1, 0.15) is 17.4 Å². The van der Waals surface area contributed by atoms with E-state index in [-0.39, 0.29) is 12.1 Å². The number of fused-ring (bicyclic) bond motifs is 1. The number of amides is 2. The van der Waals surface area contributed by atoms with E-state index in [0.29, 0.717) is 35.5 Å². The molecule has 0 saturated heterocycles. The zero-order valence-electron chi connectivity index (χ0n) is 15.8. The summed E-state index contributed by atoms with van der Waals surface area (Å²) < 4.78 is 13.4. The van der Waals surface area contributed by atoms with Crippen LogP contribution in [0.25, 0.3) is 0 Å². The van der Waals surface area contributed by atoms with Crippen molar-refractivity contribution in [3.8, 4) is 11.5 Å². The lowest BCUT2D eigenvalue weighted by atomic mass is 10.1. The van der Waals surface area contributed by atoms with E-state index in [0.717, 1.165) is 5.56 Å². The zero-order valence-corrected chi connectivity index (χ0v) is 16.6. The highest BCUT2D eigenvalue weighted by Crippen LogP contribution is 2.30. The minimum Gasteiger partial charge on any atom is -0.486 e. The number of nitrogens with one attached hydrogen (secondary N) is 2. The summed E-state index contributed by atoms with van der Waals surface area (Å²) in [5, 5.41) is 6.47. The van der Waals surface area contributed by atoms with Crippen LogP contribution in [0, 0.1) is 0 Å². The summed E-state index contributed by atoms with van der Waals surface area (Å²) in [5.74, 6) is 2.11. The van der Waals surface area contributed by atoms with Gasteiger partial charge in [0.1, 0.15) is 18.5 Å². The first-order valence-electron chi connectivity index (χ1n) is 9.25. The van der Waals surface area contributed by atoms with Crippen LogP contribution in [0.5, 0.6) is 11.5 Å². The Balaban J connectivity index is 1.41. The average Bonchev–Trinajstić information content (AvgIpc) is 3.16. The number of urea groups is 1. The van der Waals surface area contributed by atoms with Crippen LogP contribution >= 0.6 is 11.6 Å². The molecule has 29 heavy (non-hydrogen) atoms. The Morgan fingerprint density at radius 3 is 2.72 bits per heavy atom. The molecule has 2 amide bonds. The second kappa shape index (κ2) is 8.45. The second-order valence-corrected chi connectivity index (χ2v) is 7.17. The zero-order chi connectivity index (χ0) is 20.2. The van der Waals surface area contributed by atoms with Crippen molar-refractivity contribution >= 4 is 17.6 Å². The molecule has 2 atom stereocenters. The maximum absolute atomic E-state index is 12.6. The van der Waals surface area contributed by atoms with Gasteiger partial charge in [-0.25, -0.2) is 9.78 Å². The van der Waals surface area contributed by atoms with Crippen molar-refractivity contribution in [2.45, 2.75) is 12.1 Å². The number of halogens is 1. The van der Waals surface area contributed by atoms with Crippen molar-refractivity contribution in [2.24, 2.45) is 7.05 Å². The van der Waals surface area contributed by atoms with Gasteiger partial charge in [0.15, 0.2) is 17.6 Å². The van der Waals surface area contributed by atoms with E-state index in [1.165, 1.54) is 0 Å². The van der Waals surface area contributed by atoms with Gasteiger partial charge in [-0.1, -0.05) is 35.9 Å². The van der Waals surface area contributed by atoms with Gasteiger partial charge in [-0.2, -0.15) is 0 Å². The Morgan fingerprint density at radius 1 is 1.24 bits per heavy atom. The lowest BCUT2D eigenvalue weighted by Gasteiger charge is -2.27. The first kappa shape index (κ1) is 19.1. The van der Waals surface area contributed by atoms with E-state index >= 15 is 0 Å². The van der Waals surface area contributed by atoms with Crippen LogP contribution in [0.2, 0.25) is 5.02 Å². The van der Waals surface area contributed by atoms with Gasteiger partial charge in [0.05, 0.1) is 6.54 Å². The largest absolute Gasteiger partial charge is 0.486 e. The Kier molecular flexibility index (Phi) is 5.57. The standard InChI is InChI=1S/C21H21ClN4O3/c1-26-11-10-23-20(26)19(14-6-8-15(22)9-7-14)25-21(27)24-12-16-13-28-17-4-2-3-5-18(17)29-16/h2-11,16,19H,12-13H2,1H3,(H2,24,25,27). The summed E-state index contributed by atoms with van der Waals surface area (Å²) in [6.45, 7) is 0.686. The molecular formula is C21H21ClN4O3. The summed E-state index contributed by atoms with van der Waals surface area (Å²) in [4.78, 5) is 17.0. The number of ether oxygens (including phenoxy) is 2. The molecular weight excluding hydrogens is 392 g/mol. The molecule has 2 aromatic carbocycles. The van der Waals surface area contributed by atoms with E-state index in [1.54, 1.807) is 18.3 Å². The topological polar surface area (TPSA) is 77.4 Å². The molecule has 0 saturated carbocycles. The molecule has 0 radical (unpaired) electrons. The Hall–Kier alpha value is -3.19. The minimum atomic E-state index is -0.420. The molecule has 1 aliphatic rings. The van der Waals surface area contributed by atoms with Gasteiger partial charge in [0.2, 0.25) is 0 Å². The van der Waals surface area contributed by atoms with Crippen molar-refractivity contribution in [1.29, 1.82) is 0 Å². The van der Waals surface area contributed by atoms with Crippen molar-refractivity contribution in [3.05, 3.63) is 77.3 Å². The number of para-hydroxylation sites is 2. The van der Waals surface area contributed by atoms with Crippen molar-refractivity contribution < 1.29 is 14.3 Å². The fourth-order valence-corrected chi connectivity index (χ4v) is 3.29. The summed E-state index contributed by atoms with van der Waals surface area (Å²) in [6.07, 6.45) is 3.27. The van der Waals surface area contributed by atoms with E-state index in [1.807, 2.05) is 54.2 Å². The molecule has 7 nitrogen and oxygen atoms in total. The Labute approximate surface area is 173 Å². The third-order valence-corrected chi connectivity index (χ3v) is 4.91. The fourth-order valence-electron chi connectivity index (χ4n) is 3.16. The molecule has 0 fully saturated rings. The second-order valence-electron chi connectivity index (χ2n) is 6.73. The number of aryl methyl sites for hydroxylation is 1. The molecule has 0 spiro atoms. The van der Waals surface area contributed by atoms with E-state index in [9.17, 15) is 4.79 Å². The molecule has 2 heterocycles. The number of aromatic nitrogens is 2. The Morgan fingerprint density at radius 2 is 2.00 bits per heavy atom. The minimum absolute atomic E-state index is 0.266.